The van der Waals surface area contributed by atoms with Crippen molar-refractivity contribution < 1.29 is 4.79 Å². The first-order valence-corrected chi connectivity index (χ1v) is 5.87. The molecule has 0 saturated carbocycles. The maximum absolute atomic E-state index is 11.7. The van der Waals surface area contributed by atoms with Crippen molar-refractivity contribution in [2.45, 2.75) is 13.8 Å². The van der Waals surface area contributed by atoms with Crippen LogP contribution in [0.4, 0.5) is 11.4 Å². The van der Waals surface area contributed by atoms with Crippen LogP contribution in [0.2, 0.25) is 0 Å². The summed E-state index contributed by atoms with van der Waals surface area (Å²) in [6.45, 7) is 6.11. The van der Waals surface area contributed by atoms with Gasteiger partial charge in [0.1, 0.15) is 0 Å². The minimum Gasteiger partial charge on any atom is -0.325 e. The minimum absolute atomic E-state index is 0.0461. The molecule has 6 nitrogen and oxygen atoms in total. The van der Waals surface area contributed by atoms with Crippen LogP contribution >= 0.6 is 0 Å². The molecule has 0 saturated heterocycles. The van der Waals surface area contributed by atoms with E-state index >= 15 is 0 Å². The molecule has 0 unspecified atom stereocenters. The maximum atomic E-state index is 11.7. The number of amides is 1. The Labute approximate surface area is 106 Å². The number of hydrogen-bond acceptors (Lipinski definition) is 3. The van der Waals surface area contributed by atoms with E-state index in [1.807, 2.05) is 18.7 Å². The molecule has 0 atom stereocenters. The monoisotopic (exact) mass is 247 g/mol. The van der Waals surface area contributed by atoms with E-state index in [0.29, 0.717) is 17.9 Å². The van der Waals surface area contributed by atoms with Gasteiger partial charge in [0.05, 0.1) is 6.54 Å². The van der Waals surface area contributed by atoms with Crippen molar-refractivity contribution in [1.82, 2.24) is 4.90 Å². The van der Waals surface area contributed by atoms with Crippen molar-refractivity contribution in [1.29, 1.82) is 0 Å². The van der Waals surface area contributed by atoms with Gasteiger partial charge in [-0.1, -0.05) is 31.1 Å². The highest BCUT2D eigenvalue weighted by molar-refractivity contribution is 5.92. The molecule has 1 amide bonds. The van der Waals surface area contributed by atoms with Gasteiger partial charge in [0.2, 0.25) is 5.91 Å². The average molecular weight is 247 g/mol. The maximum Gasteiger partial charge on any atom is 0.238 e. The first kappa shape index (κ1) is 14.0. The molecule has 1 aromatic rings. The minimum atomic E-state index is -0.0461. The number of likely N-dealkylation sites (N-methyl/N-ethyl adjacent to an activating group) is 1. The molecule has 0 radical (unpaired) electrons. The zero-order valence-electron chi connectivity index (χ0n) is 10.6. The van der Waals surface area contributed by atoms with Gasteiger partial charge < -0.3 is 5.32 Å². The van der Waals surface area contributed by atoms with Crippen LogP contribution in [0.1, 0.15) is 13.8 Å². The third-order valence-corrected chi connectivity index (χ3v) is 2.57. The fourth-order valence-electron chi connectivity index (χ4n) is 1.51. The van der Waals surface area contributed by atoms with Gasteiger partial charge in [0.25, 0.3) is 0 Å². The highest BCUT2D eigenvalue weighted by atomic mass is 16.2. The van der Waals surface area contributed by atoms with Gasteiger partial charge in [-0.3, -0.25) is 9.69 Å². The van der Waals surface area contributed by atoms with Gasteiger partial charge in [0, 0.05) is 16.3 Å². The van der Waals surface area contributed by atoms with Crippen molar-refractivity contribution >= 4 is 17.3 Å². The molecule has 0 heterocycles. The molecule has 18 heavy (non-hydrogen) atoms. The molecule has 0 aliphatic carbocycles. The van der Waals surface area contributed by atoms with Gasteiger partial charge in [-0.15, -0.1) is 0 Å². The Bertz CT molecular complexity index is 432. The second-order valence-electron chi connectivity index (χ2n) is 3.75. The normalized spacial score (nSPS) is 9.94. The van der Waals surface area contributed by atoms with Gasteiger partial charge in [0.15, 0.2) is 0 Å². The molecule has 0 aliphatic heterocycles. The number of anilines is 1. The number of azide groups is 1. The van der Waals surface area contributed by atoms with Crippen LogP contribution in [0.5, 0.6) is 0 Å². The number of hydrogen-bond donors (Lipinski definition) is 1. The predicted molar refractivity (Wildman–Crippen MR) is 71.7 cm³/mol. The van der Waals surface area contributed by atoms with Crippen LogP contribution in [-0.4, -0.2) is 30.4 Å². The molecule has 0 bridgehead atoms. The highest BCUT2D eigenvalue weighted by Gasteiger charge is 2.07. The van der Waals surface area contributed by atoms with Crippen LogP contribution < -0.4 is 5.32 Å². The van der Waals surface area contributed by atoms with E-state index in [9.17, 15) is 4.79 Å². The number of nitrogens with zero attached hydrogens (tertiary/aromatic N) is 4. The summed E-state index contributed by atoms with van der Waals surface area (Å²) in [5.74, 6) is -0.0461. The molecule has 0 fully saturated rings. The molecule has 1 N–H and O–H groups in total. The Kier molecular flexibility index (Phi) is 5.70. The number of benzene rings is 1. The fraction of sp³-hybridized carbons (Fsp3) is 0.417. The fourth-order valence-corrected chi connectivity index (χ4v) is 1.51. The first-order chi connectivity index (χ1) is 8.69. The zero-order valence-corrected chi connectivity index (χ0v) is 10.6. The van der Waals surface area contributed by atoms with Crippen LogP contribution in [0.25, 0.3) is 10.4 Å². The van der Waals surface area contributed by atoms with Crippen molar-refractivity contribution in [3.8, 4) is 0 Å². The Morgan fingerprint density at radius 3 is 2.44 bits per heavy atom. The van der Waals surface area contributed by atoms with Gasteiger partial charge in [-0.05, 0) is 30.8 Å². The summed E-state index contributed by atoms with van der Waals surface area (Å²) in [7, 11) is 0. The molecule has 0 aromatic heterocycles. The van der Waals surface area contributed by atoms with E-state index in [-0.39, 0.29) is 5.91 Å². The van der Waals surface area contributed by atoms with E-state index in [4.69, 9.17) is 5.53 Å². The van der Waals surface area contributed by atoms with Crippen molar-refractivity contribution in [3.63, 3.8) is 0 Å². The second-order valence-corrected chi connectivity index (χ2v) is 3.75. The third-order valence-electron chi connectivity index (χ3n) is 2.57. The average Bonchev–Trinajstić information content (AvgIpc) is 2.38. The van der Waals surface area contributed by atoms with Crippen LogP contribution in [-0.2, 0) is 4.79 Å². The molecule has 0 spiro atoms. The Balaban J connectivity index is 2.56. The van der Waals surface area contributed by atoms with Gasteiger partial charge >= 0.3 is 0 Å². The van der Waals surface area contributed by atoms with E-state index < -0.39 is 0 Å². The standard InChI is InChI=1S/C12H17N5O/c1-3-17(4-2)9-12(18)14-10-5-7-11(8-6-10)15-16-13/h5-8H,3-4,9H2,1-2H3,(H,14,18). The highest BCUT2D eigenvalue weighted by Crippen LogP contribution is 2.16. The molecule has 96 valence electrons. The van der Waals surface area contributed by atoms with Crippen LogP contribution in [0.3, 0.4) is 0 Å². The second kappa shape index (κ2) is 7.32. The summed E-state index contributed by atoms with van der Waals surface area (Å²) >= 11 is 0. The summed E-state index contributed by atoms with van der Waals surface area (Å²) in [5.41, 5.74) is 9.50. The lowest BCUT2D eigenvalue weighted by Crippen LogP contribution is -2.32. The molecular formula is C12H17N5O. The van der Waals surface area contributed by atoms with E-state index in [2.05, 4.69) is 15.3 Å². The lowest BCUT2D eigenvalue weighted by molar-refractivity contribution is -0.117. The summed E-state index contributed by atoms with van der Waals surface area (Å²) in [5, 5.41) is 6.26. The van der Waals surface area contributed by atoms with Crippen molar-refractivity contribution in [2.24, 2.45) is 5.11 Å². The SMILES string of the molecule is CCN(CC)CC(=O)Nc1ccc(N=[N+]=[N-])cc1. The summed E-state index contributed by atoms with van der Waals surface area (Å²) in [6.07, 6.45) is 0. The summed E-state index contributed by atoms with van der Waals surface area (Å²) in [6, 6.07) is 6.74. The molecule has 1 aromatic carbocycles. The molecule has 0 aliphatic rings. The number of carbonyl (C=O) groups excluding carboxylic acids is 1. The first-order valence-electron chi connectivity index (χ1n) is 5.87. The van der Waals surface area contributed by atoms with Crippen LogP contribution in [0, 0.1) is 0 Å². The van der Waals surface area contributed by atoms with Gasteiger partial charge in [-0.25, -0.2) is 0 Å². The molecule has 1 rings (SSSR count). The number of carbonyl (C=O) groups is 1. The summed E-state index contributed by atoms with van der Waals surface area (Å²) < 4.78 is 0. The predicted octanol–water partition coefficient (Wildman–Crippen LogP) is 2.91. The Morgan fingerprint density at radius 1 is 1.33 bits per heavy atom. The van der Waals surface area contributed by atoms with Crippen molar-refractivity contribution in [2.75, 3.05) is 25.0 Å². The quantitative estimate of drug-likeness (QED) is 0.476. The largest absolute Gasteiger partial charge is 0.325 e. The third kappa shape index (κ3) is 4.45. The van der Waals surface area contributed by atoms with E-state index in [0.717, 1.165) is 13.1 Å². The Hall–Kier alpha value is -2.04. The summed E-state index contributed by atoms with van der Waals surface area (Å²) in [4.78, 5) is 16.4. The zero-order chi connectivity index (χ0) is 13.4. The smallest absolute Gasteiger partial charge is 0.238 e. The van der Waals surface area contributed by atoms with Crippen molar-refractivity contribution in [3.05, 3.63) is 34.7 Å². The number of rotatable bonds is 6. The lowest BCUT2D eigenvalue weighted by atomic mass is 10.3. The van der Waals surface area contributed by atoms with E-state index in [1.165, 1.54) is 0 Å². The topological polar surface area (TPSA) is 81.1 Å². The van der Waals surface area contributed by atoms with E-state index in [1.54, 1.807) is 24.3 Å². The van der Waals surface area contributed by atoms with Gasteiger partial charge in [-0.2, -0.15) is 0 Å². The molecular weight excluding hydrogens is 230 g/mol. The number of nitrogens with one attached hydrogen (secondary N) is 1. The van der Waals surface area contributed by atoms with Crippen LogP contribution in [0.15, 0.2) is 29.4 Å². The Morgan fingerprint density at radius 2 is 1.94 bits per heavy atom. The molecule has 6 heteroatoms. The lowest BCUT2D eigenvalue weighted by Gasteiger charge is -2.17.